The molecule has 3 aromatic rings. The van der Waals surface area contributed by atoms with Gasteiger partial charge in [0.05, 0.1) is 25.6 Å². The number of hydrogen-bond acceptors (Lipinski definition) is 8. The Hall–Kier alpha value is -3.20. The Morgan fingerprint density at radius 2 is 2.07 bits per heavy atom. The Morgan fingerprint density at radius 3 is 2.85 bits per heavy atom. The van der Waals surface area contributed by atoms with Crippen molar-refractivity contribution in [2.24, 2.45) is 0 Å². The number of carbonyl (C=O) groups excluding carboxylic acids is 2. The van der Waals surface area contributed by atoms with Crippen LogP contribution in [-0.2, 0) is 33.8 Å². The van der Waals surface area contributed by atoms with Crippen molar-refractivity contribution in [2.75, 3.05) is 12.4 Å². The zero-order valence-electron chi connectivity index (χ0n) is 14.5. The average molecular weight is 387 g/mol. The molecule has 8 nitrogen and oxygen atoms in total. The van der Waals surface area contributed by atoms with Crippen LogP contribution < -0.4 is 10.1 Å². The van der Waals surface area contributed by atoms with Gasteiger partial charge < -0.3 is 19.3 Å². The molecule has 3 rings (SSSR count). The molecule has 0 aliphatic heterocycles. The van der Waals surface area contributed by atoms with E-state index in [2.05, 4.69) is 15.5 Å². The molecular formula is C18H17N3O5S. The molecular weight excluding hydrogens is 370 g/mol. The quantitative estimate of drug-likeness (QED) is 0.593. The van der Waals surface area contributed by atoms with Crippen molar-refractivity contribution in [1.82, 2.24) is 10.1 Å². The fourth-order valence-corrected chi connectivity index (χ4v) is 2.93. The van der Waals surface area contributed by atoms with Gasteiger partial charge in [-0.1, -0.05) is 17.3 Å². The van der Waals surface area contributed by atoms with E-state index in [0.717, 1.165) is 5.56 Å². The summed E-state index contributed by atoms with van der Waals surface area (Å²) < 4.78 is 15.3. The van der Waals surface area contributed by atoms with E-state index in [1.165, 1.54) is 18.4 Å². The van der Waals surface area contributed by atoms with Crippen molar-refractivity contribution in [3.63, 3.8) is 0 Å². The first-order chi connectivity index (χ1) is 13.1. The highest BCUT2D eigenvalue weighted by molar-refractivity contribution is 7.07. The molecule has 0 unspecified atom stereocenters. The van der Waals surface area contributed by atoms with Crippen LogP contribution in [0.4, 0.5) is 5.69 Å². The molecule has 0 aliphatic carbocycles. The van der Waals surface area contributed by atoms with Crippen molar-refractivity contribution < 1.29 is 23.6 Å². The lowest BCUT2D eigenvalue weighted by Gasteiger charge is -2.08. The molecule has 1 N–H and O–H groups in total. The lowest BCUT2D eigenvalue weighted by molar-refractivity contribution is -0.144. The predicted octanol–water partition coefficient (Wildman–Crippen LogP) is 2.61. The van der Waals surface area contributed by atoms with Gasteiger partial charge in [0.1, 0.15) is 5.75 Å². The molecule has 0 atom stereocenters. The highest BCUT2D eigenvalue weighted by Gasteiger charge is 2.14. The lowest BCUT2D eigenvalue weighted by Crippen LogP contribution is -2.15. The van der Waals surface area contributed by atoms with E-state index in [9.17, 15) is 9.59 Å². The molecule has 1 aromatic carbocycles. The molecule has 0 spiro atoms. The third-order valence-corrected chi connectivity index (χ3v) is 4.23. The van der Waals surface area contributed by atoms with Gasteiger partial charge in [0.25, 0.3) is 5.89 Å². The molecule has 9 heteroatoms. The fraction of sp³-hybridized carbons (Fsp3) is 0.222. The third kappa shape index (κ3) is 5.38. The fourth-order valence-electron chi connectivity index (χ4n) is 2.26. The standard InChI is InChI=1S/C18H17N3O5S/c1-24-14-5-3-2-4-13(14)19-16(22)9-15-20-17(26-21-15)10-25-18(23)8-12-6-7-27-11-12/h2-7,11H,8-10H2,1H3,(H,19,22). The number of aromatic nitrogens is 2. The number of benzene rings is 1. The minimum absolute atomic E-state index is 0.0790. The van der Waals surface area contributed by atoms with Gasteiger partial charge >= 0.3 is 5.97 Å². The summed E-state index contributed by atoms with van der Waals surface area (Å²) in [5.74, 6) is 0.181. The monoisotopic (exact) mass is 387 g/mol. The predicted molar refractivity (Wildman–Crippen MR) is 97.4 cm³/mol. The SMILES string of the molecule is COc1ccccc1NC(=O)Cc1noc(COC(=O)Cc2ccsc2)n1. The average Bonchev–Trinajstić information content (AvgIpc) is 3.32. The van der Waals surface area contributed by atoms with Crippen molar-refractivity contribution in [3.8, 4) is 5.75 Å². The summed E-state index contributed by atoms with van der Waals surface area (Å²) in [7, 11) is 1.52. The van der Waals surface area contributed by atoms with Crippen molar-refractivity contribution in [3.05, 3.63) is 58.4 Å². The number of para-hydroxylation sites is 2. The summed E-state index contributed by atoms with van der Waals surface area (Å²) >= 11 is 1.51. The molecule has 0 fully saturated rings. The van der Waals surface area contributed by atoms with Crippen LogP contribution in [0.15, 0.2) is 45.6 Å². The first kappa shape index (κ1) is 18.6. The van der Waals surface area contributed by atoms with E-state index in [0.29, 0.717) is 11.4 Å². The number of amides is 1. The molecule has 0 aliphatic rings. The lowest BCUT2D eigenvalue weighted by atomic mass is 10.2. The van der Waals surface area contributed by atoms with Crippen LogP contribution in [0.1, 0.15) is 17.3 Å². The van der Waals surface area contributed by atoms with Gasteiger partial charge in [-0.2, -0.15) is 16.3 Å². The van der Waals surface area contributed by atoms with E-state index in [4.69, 9.17) is 14.0 Å². The number of methoxy groups -OCH3 is 1. The highest BCUT2D eigenvalue weighted by atomic mass is 32.1. The zero-order valence-corrected chi connectivity index (χ0v) is 15.3. The molecule has 27 heavy (non-hydrogen) atoms. The first-order valence-corrected chi connectivity index (χ1v) is 8.99. The molecule has 2 heterocycles. The maximum atomic E-state index is 12.1. The van der Waals surface area contributed by atoms with Gasteiger partial charge in [-0.25, -0.2) is 0 Å². The number of carbonyl (C=O) groups is 2. The highest BCUT2D eigenvalue weighted by Crippen LogP contribution is 2.23. The second-order valence-corrected chi connectivity index (χ2v) is 6.28. The Labute approximate surface area is 159 Å². The summed E-state index contributed by atoms with van der Waals surface area (Å²) in [5, 5.41) is 10.2. The second kappa shape index (κ2) is 8.95. The van der Waals surface area contributed by atoms with E-state index < -0.39 is 0 Å². The summed E-state index contributed by atoms with van der Waals surface area (Å²) in [5.41, 5.74) is 1.44. The number of hydrogen-bond donors (Lipinski definition) is 1. The molecule has 1 amide bonds. The van der Waals surface area contributed by atoms with Crippen molar-refractivity contribution in [1.29, 1.82) is 0 Å². The summed E-state index contributed by atoms with van der Waals surface area (Å²) in [6.45, 7) is -0.135. The van der Waals surface area contributed by atoms with Gasteiger partial charge in [0.2, 0.25) is 5.91 Å². The van der Waals surface area contributed by atoms with Gasteiger partial charge in [0.15, 0.2) is 12.4 Å². The van der Waals surface area contributed by atoms with Crippen LogP contribution in [-0.4, -0.2) is 29.1 Å². The summed E-state index contributed by atoms with van der Waals surface area (Å²) in [4.78, 5) is 27.9. The Balaban J connectivity index is 1.48. The van der Waals surface area contributed by atoms with Crippen LogP contribution >= 0.6 is 11.3 Å². The van der Waals surface area contributed by atoms with Crippen molar-refractivity contribution >= 4 is 28.9 Å². The molecule has 140 valence electrons. The van der Waals surface area contributed by atoms with Crippen molar-refractivity contribution in [2.45, 2.75) is 19.4 Å². The number of nitrogens with zero attached hydrogens (tertiary/aromatic N) is 2. The van der Waals surface area contributed by atoms with Gasteiger partial charge in [-0.3, -0.25) is 9.59 Å². The van der Waals surface area contributed by atoms with Crippen LogP contribution in [0.5, 0.6) is 5.75 Å². The van der Waals surface area contributed by atoms with Gasteiger partial charge in [-0.05, 0) is 34.5 Å². The number of rotatable bonds is 8. The summed E-state index contributed by atoms with van der Waals surface area (Å²) in [6, 6.07) is 8.92. The Morgan fingerprint density at radius 1 is 1.22 bits per heavy atom. The van der Waals surface area contributed by atoms with Crippen LogP contribution in [0.3, 0.4) is 0 Å². The smallest absolute Gasteiger partial charge is 0.310 e. The number of thiophene rings is 1. The second-order valence-electron chi connectivity index (χ2n) is 5.50. The number of anilines is 1. The maximum Gasteiger partial charge on any atom is 0.310 e. The van der Waals surface area contributed by atoms with Crippen LogP contribution in [0.2, 0.25) is 0 Å². The molecule has 0 radical (unpaired) electrons. The zero-order chi connectivity index (χ0) is 19.1. The number of esters is 1. The third-order valence-electron chi connectivity index (χ3n) is 3.50. The van der Waals surface area contributed by atoms with E-state index in [1.807, 2.05) is 16.8 Å². The first-order valence-electron chi connectivity index (χ1n) is 8.05. The van der Waals surface area contributed by atoms with Gasteiger partial charge in [-0.15, -0.1) is 0 Å². The van der Waals surface area contributed by atoms with Gasteiger partial charge in [0, 0.05) is 0 Å². The van der Waals surface area contributed by atoms with Crippen LogP contribution in [0, 0.1) is 0 Å². The number of nitrogens with one attached hydrogen (secondary N) is 1. The molecule has 0 saturated carbocycles. The largest absolute Gasteiger partial charge is 0.495 e. The number of ether oxygens (including phenoxy) is 2. The minimum Gasteiger partial charge on any atom is -0.495 e. The molecule has 2 aromatic heterocycles. The van der Waals surface area contributed by atoms with E-state index in [1.54, 1.807) is 24.3 Å². The van der Waals surface area contributed by atoms with E-state index in [-0.39, 0.29) is 43.0 Å². The molecule has 0 bridgehead atoms. The Bertz CT molecular complexity index is 907. The minimum atomic E-state index is -0.387. The van der Waals surface area contributed by atoms with E-state index >= 15 is 0 Å². The topological polar surface area (TPSA) is 104 Å². The Kier molecular flexibility index (Phi) is 6.16. The molecule has 0 saturated heterocycles. The van der Waals surface area contributed by atoms with Crippen LogP contribution in [0.25, 0.3) is 0 Å². The maximum absolute atomic E-state index is 12.1. The summed E-state index contributed by atoms with van der Waals surface area (Å²) in [6.07, 6.45) is 0.107. The normalized spacial score (nSPS) is 10.4.